The summed E-state index contributed by atoms with van der Waals surface area (Å²) < 4.78 is 10.5. The lowest BCUT2D eigenvalue weighted by molar-refractivity contribution is 0.494. The lowest BCUT2D eigenvalue weighted by Gasteiger charge is -2.12. The Kier molecular flexibility index (Phi) is 2.62. The van der Waals surface area contributed by atoms with Crippen molar-refractivity contribution in [1.29, 1.82) is 0 Å². The molecule has 2 heterocycles. The first kappa shape index (κ1) is 10.0. The zero-order chi connectivity index (χ0) is 10.8. The van der Waals surface area contributed by atoms with Crippen molar-refractivity contribution in [2.75, 3.05) is 0 Å². The third-order valence-corrected chi connectivity index (χ3v) is 2.43. The van der Waals surface area contributed by atoms with Gasteiger partial charge in [-0.2, -0.15) is 0 Å². The minimum absolute atomic E-state index is 0.0822. The maximum atomic E-state index is 5.54. The first-order valence-corrected chi connectivity index (χ1v) is 4.77. The van der Waals surface area contributed by atoms with Crippen LogP contribution in [-0.2, 0) is 0 Å². The summed E-state index contributed by atoms with van der Waals surface area (Å²) in [6.07, 6.45) is 3.30. The minimum atomic E-state index is -0.0822. The normalized spacial score (nSPS) is 13.0. The predicted molar refractivity (Wildman–Crippen MR) is 56.1 cm³/mol. The van der Waals surface area contributed by atoms with E-state index >= 15 is 0 Å². The van der Waals surface area contributed by atoms with Crippen molar-refractivity contribution in [3.63, 3.8) is 0 Å². The van der Waals surface area contributed by atoms with Crippen LogP contribution in [0.4, 0.5) is 0 Å². The van der Waals surface area contributed by atoms with Crippen LogP contribution in [0.5, 0.6) is 0 Å². The molecule has 1 unspecified atom stereocenters. The van der Waals surface area contributed by atoms with Gasteiger partial charge in [0, 0.05) is 11.1 Å². The highest BCUT2D eigenvalue weighted by Crippen LogP contribution is 2.26. The van der Waals surface area contributed by atoms with Gasteiger partial charge in [0.25, 0.3) is 0 Å². The molecular formula is C11H14N2O2. The molecule has 0 aliphatic heterocycles. The maximum absolute atomic E-state index is 5.54. The molecule has 1 atom stereocenters. The Morgan fingerprint density at radius 1 is 1.40 bits per heavy atom. The van der Waals surface area contributed by atoms with Gasteiger partial charge in [0.1, 0.15) is 11.5 Å². The largest absolute Gasteiger partial charge is 0.472 e. The second-order valence-corrected chi connectivity index (χ2v) is 3.52. The smallest absolute Gasteiger partial charge is 0.106 e. The summed E-state index contributed by atoms with van der Waals surface area (Å²) in [5.41, 5.74) is 4.78. The van der Waals surface area contributed by atoms with Crippen LogP contribution in [0.3, 0.4) is 0 Å². The van der Waals surface area contributed by atoms with E-state index in [2.05, 4.69) is 5.43 Å². The molecule has 0 aromatic carbocycles. The van der Waals surface area contributed by atoms with E-state index in [0.717, 1.165) is 22.6 Å². The van der Waals surface area contributed by atoms with Crippen LogP contribution in [0.15, 0.2) is 33.5 Å². The summed E-state index contributed by atoms with van der Waals surface area (Å²) in [6.45, 7) is 3.84. The quantitative estimate of drug-likeness (QED) is 0.595. The number of rotatable bonds is 3. The Balaban J connectivity index is 2.39. The molecule has 15 heavy (non-hydrogen) atoms. The monoisotopic (exact) mass is 206 g/mol. The van der Waals surface area contributed by atoms with Gasteiger partial charge < -0.3 is 8.83 Å². The summed E-state index contributed by atoms with van der Waals surface area (Å²) in [6, 6.07) is 3.78. The van der Waals surface area contributed by atoms with Crippen molar-refractivity contribution >= 4 is 0 Å². The molecule has 0 radical (unpaired) electrons. The molecule has 2 rings (SSSR count). The van der Waals surface area contributed by atoms with Crippen LogP contribution in [0.2, 0.25) is 0 Å². The Morgan fingerprint density at radius 2 is 2.20 bits per heavy atom. The fraction of sp³-hybridized carbons (Fsp3) is 0.273. The van der Waals surface area contributed by atoms with Gasteiger partial charge in [-0.1, -0.05) is 0 Å². The van der Waals surface area contributed by atoms with E-state index in [-0.39, 0.29) is 6.04 Å². The summed E-state index contributed by atoms with van der Waals surface area (Å²) in [4.78, 5) is 0. The van der Waals surface area contributed by atoms with Crippen LogP contribution < -0.4 is 11.3 Å². The van der Waals surface area contributed by atoms with E-state index in [1.807, 2.05) is 26.0 Å². The van der Waals surface area contributed by atoms with E-state index in [1.165, 1.54) is 0 Å². The second kappa shape index (κ2) is 3.92. The van der Waals surface area contributed by atoms with Crippen molar-refractivity contribution < 1.29 is 8.83 Å². The molecule has 3 N–H and O–H groups in total. The minimum Gasteiger partial charge on any atom is -0.472 e. The highest BCUT2D eigenvalue weighted by Gasteiger charge is 2.18. The molecule has 2 aromatic heterocycles. The van der Waals surface area contributed by atoms with Crippen LogP contribution in [-0.4, -0.2) is 0 Å². The van der Waals surface area contributed by atoms with E-state index in [0.29, 0.717) is 0 Å². The van der Waals surface area contributed by atoms with E-state index in [1.54, 1.807) is 12.5 Å². The fourth-order valence-electron chi connectivity index (χ4n) is 1.74. The third kappa shape index (κ3) is 1.82. The molecule has 0 spiro atoms. The number of furan rings is 2. The number of aryl methyl sites for hydroxylation is 2. The molecule has 2 aromatic rings. The van der Waals surface area contributed by atoms with Gasteiger partial charge in [-0.3, -0.25) is 5.84 Å². The van der Waals surface area contributed by atoms with Crippen LogP contribution >= 0.6 is 0 Å². The van der Waals surface area contributed by atoms with E-state index in [4.69, 9.17) is 14.7 Å². The number of hydrogen-bond acceptors (Lipinski definition) is 4. The third-order valence-electron chi connectivity index (χ3n) is 2.43. The number of nitrogens with one attached hydrogen (secondary N) is 1. The molecule has 0 saturated carbocycles. The van der Waals surface area contributed by atoms with Gasteiger partial charge in [0.2, 0.25) is 0 Å². The van der Waals surface area contributed by atoms with Gasteiger partial charge in [0.15, 0.2) is 0 Å². The first-order valence-electron chi connectivity index (χ1n) is 4.77. The molecule has 80 valence electrons. The maximum Gasteiger partial charge on any atom is 0.106 e. The molecule has 4 heteroatoms. The average molecular weight is 206 g/mol. The van der Waals surface area contributed by atoms with Gasteiger partial charge in [0.05, 0.1) is 18.6 Å². The highest BCUT2D eigenvalue weighted by atomic mass is 16.3. The second-order valence-electron chi connectivity index (χ2n) is 3.52. The van der Waals surface area contributed by atoms with E-state index < -0.39 is 0 Å². The van der Waals surface area contributed by atoms with Crippen LogP contribution in [0.25, 0.3) is 0 Å². The van der Waals surface area contributed by atoms with Crippen LogP contribution in [0, 0.1) is 13.8 Å². The molecule has 4 nitrogen and oxygen atoms in total. The lowest BCUT2D eigenvalue weighted by atomic mass is 10.0. The molecule has 0 saturated heterocycles. The van der Waals surface area contributed by atoms with Gasteiger partial charge in [-0.25, -0.2) is 5.43 Å². The standard InChI is InChI=1S/C11H14N2O2/c1-7-5-10(8(2)15-7)11(13-12)9-3-4-14-6-9/h3-6,11,13H,12H2,1-2H3. The fourth-order valence-corrected chi connectivity index (χ4v) is 1.74. The Hall–Kier alpha value is -1.52. The molecule has 0 aliphatic carbocycles. The zero-order valence-electron chi connectivity index (χ0n) is 8.78. The Bertz CT molecular complexity index is 431. The molecule has 0 bridgehead atoms. The summed E-state index contributed by atoms with van der Waals surface area (Å²) in [5.74, 6) is 7.29. The topological polar surface area (TPSA) is 64.3 Å². The molecule has 0 fully saturated rings. The highest BCUT2D eigenvalue weighted by molar-refractivity contribution is 5.32. The van der Waals surface area contributed by atoms with Gasteiger partial charge >= 0.3 is 0 Å². The van der Waals surface area contributed by atoms with Gasteiger partial charge in [-0.05, 0) is 26.0 Å². The Morgan fingerprint density at radius 3 is 2.67 bits per heavy atom. The molecule has 0 amide bonds. The zero-order valence-corrected chi connectivity index (χ0v) is 8.78. The van der Waals surface area contributed by atoms with Crippen molar-refractivity contribution in [1.82, 2.24) is 5.43 Å². The SMILES string of the molecule is Cc1cc(C(NN)c2ccoc2)c(C)o1. The van der Waals surface area contributed by atoms with Crippen molar-refractivity contribution in [3.05, 3.63) is 47.3 Å². The van der Waals surface area contributed by atoms with Gasteiger partial charge in [-0.15, -0.1) is 0 Å². The van der Waals surface area contributed by atoms with Crippen molar-refractivity contribution in [3.8, 4) is 0 Å². The van der Waals surface area contributed by atoms with E-state index in [9.17, 15) is 0 Å². The number of nitrogens with two attached hydrogens (primary N) is 1. The number of hydrogen-bond donors (Lipinski definition) is 2. The molecule has 0 aliphatic rings. The summed E-state index contributed by atoms with van der Waals surface area (Å²) in [5, 5.41) is 0. The summed E-state index contributed by atoms with van der Waals surface area (Å²) in [7, 11) is 0. The van der Waals surface area contributed by atoms with Crippen LogP contribution in [0.1, 0.15) is 28.7 Å². The number of hydrazine groups is 1. The predicted octanol–water partition coefficient (Wildman–Crippen LogP) is 2.04. The Labute approximate surface area is 88.0 Å². The summed E-state index contributed by atoms with van der Waals surface area (Å²) >= 11 is 0. The average Bonchev–Trinajstić information content (AvgIpc) is 2.79. The van der Waals surface area contributed by atoms with Crippen molar-refractivity contribution in [2.24, 2.45) is 5.84 Å². The van der Waals surface area contributed by atoms with Crippen molar-refractivity contribution in [2.45, 2.75) is 19.9 Å². The lowest BCUT2D eigenvalue weighted by Crippen LogP contribution is -2.28. The first-order chi connectivity index (χ1) is 7.22. The molecular weight excluding hydrogens is 192 g/mol.